The topological polar surface area (TPSA) is 182 Å². The lowest BCUT2D eigenvalue weighted by molar-refractivity contribution is -0.244. The molecule has 0 radical (unpaired) electrons. The minimum absolute atomic E-state index is 0.0317. The third-order valence-electron chi connectivity index (χ3n) is 12.1. The van der Waals surface area contributed by atoms with Gasteiger partial charge in [0.15, 0.2) is 0 Å². The molecule has 2 aliphatic heterocycles. The van der Waals surface area contributed by atoms with Crippen LogP contribution >= 0.6 is 0 Å². The molecule has 3 heterocycles. The molecule has 0 bridgehead atoms. The molecule has 4 amide bonds. The molecule has 18 heteroatoms. The number of nitrogens with zero attached hydrogens (tertiary/aromatic N) is 2. The number of rotatable bonds is 9. The summed E-state index contributed by atoms with van der Waals surface area (Å²) in [5.41, 5.74) is -4.53. The van der Waals surface area contributed by atoms with E-state index in [1.165, 1.54) is 25.1 Å². The SMILES string of the molecule is CC[C@@H]1C[C@H](C)CC/C=C\[C@@H]2C[C@@]2(C(=O)NS(=O)(=O)C2(C)CC2)NC(=O)[C@@H]2C[C@@H](Oc3ncc(OC)c4ccccc34)CN2C(=O)[C@H]1NC(=O)OC(C)(C)C(F)(F)F. The summed E-state index contributed by atoms with van der Waals surface area (Å²) in [6.45, 7) is 6.49. The average Bonchev–Trinajstić information content (AvgIpc) is 4.04. The van der Waals surface area contributed by atoms with Crippen LogP contribution in [0, 0.1) is 17.8 Å². The van der Waals surface area contributed by atoms with Gasteiger partial charge in [-0.05, 0) is 77.2 Å². The van der Waals surface area contributed by atoms with Crippen LogP contribution in [0.15, 0.2) is 42.6 Å². The molecule has 1 aromatic carbocycles. The molecular weight excluding hydrogens is 784 g/mol. The molecule has 14 nitrogen and oxygen atoms in total. The number of sulfonamides is 1. The molecule has 58 heavy (non-hydrogen) atoms. The summed E-state index contributed by atoms with van der Waals surface area (Å²) in [7, 11) is -2.58. The Morgan fingerprint density at radius 2 is 1.79 bits per heavy atom. The van der Waals surface area contributed by atoms with E-state index < -0.39 is 85.9 Å². The second kappa shape index (κ2) is 15.9. The van der Waals surface area contributed by atoms with E-state index in [4.69, 9.17) is 14.2 Å². The maximum atomic E-state index is 14.9. The fraction of sp³-hybridized carbons (Fsp3) is 0.625. The lowest BCUT2D eigenvalue weighted by atomic mass is 9.85. The largest absolute Gasteiger partial charge is 0.494 e. The van der Waals surface area contributed by atoms with Crippen molar-refractivity contribution in [3.8, 4) is 11.6 Å². The highest BCUT2D eigenvalue weighted by molar-refractivity contribution is 7.91. The third-order valence-corrected chi connectivity index (χ3v) is 14.3. The smallest absolute Gasteiger partial charge is 0.427 e. The number of methoxy groups -OCH3 is 1. The lowest BCUT2D eigenvalue weighted by Gasteiger charge is -2.35. The van der Waals surface area contributed by atoms with Gasteiger partial charge in [-0.3, -0.25) is 19.1 Å². The number of carbonyl (C=O) groups is 4. The number of amides is 4. The number of aromatic nitrogens is 1. The number of pyridine rings is 1. The van der Waals surface area contributed by atoms with Crippen LogP contribution in [0.2, 0.25) is 0 Å². The van der Waals surface area contributed by atoms with Crippen molar-refractivity contribution in [3.05, 3.63) is 42.6 Å². The zero-order valence-corrected chi connectivity index (χ0v) is 34.3. The van der Waals surface area contributed by atoms with Crippen LogP contribution in [0.1, 0.15) is 86.0 Å². The Hall–Kier alpha value is -4.61. The monoisotopic (exact) mass is 835 g/mol. The fourth-order valence-electron chi connectivity index (χ4n) is 7.82. The molecule has 3 fully saturated rings. The Kier molecular flexibility index (Phi) is 11.8. The van der Waals surface area contributed by atoms with E-state index in [0.29, 0.717) is 68.9 Å². The van der Waals surface area contributed by atoms with Gasteiger partial charge in [0.1, 0.15) is 29.5 Å². The van der Waals surface area contributed by atoms with Crippen molar-refractivity contribution in [1.29, 1.82) is 0 Å². The van der Waals surface area contributed by atoms with Gasteiger partial charge >= 0.3 is 12.3 Å². The molecule has 0 unspecified atom stereocenters. The van der Waals surface area contributed by atoms with E-state index in [-0.39, 0.29) is 31.2 Å². The van der Waals surface area contributed by atoms with E-state index in [1.54, 1.807) is 25.1 Å². The zero-order chi connectivity index (χ0) is 42.4. The van der Waals surface area contributed by atoms with Gasteiger partial charge in [0.05, 0.1) is 24.6 Å². The van der Waals surface area contributed by atoms with Gasteiger partial charge < -0.3 is 29.7 Å². The van der Waals surface area contributed by atoms with Crippen molar-refractivity contribution in [2.24, 2.45) is 17.8 Å². The van der Waals surface area contributed by atoms with Crippen molar-refractivity contribution < 1.29 is 55.0 Å². The van der Waals surface area contributed by atoms with E-state index in [0.717, 1.165) is 0 Å². The standard InChI is InChI=1S/C40H52F3N5O9S/c1-7-24-18-23(2)12-8-9-13-25-20-39(25,35(51)47-58(53,54)38(5)16-17-38)46-32(49)29-19-26(56-33-28-15-11-10-14-27(28)30(55-6)21-44-33)22-48(29)34(50)31(24)45-36(52)57-37(3,4)40(41,42)43/h9-11,13-15,21,23-26,29,31H,7-8,12,16-20,22H2,1-6H3,(H,45,52)(H,46,49)(H,47,51)/b13-9-/t23-,24-,25-,26-,29+,31+,39-/m1/s1. The average molecular weight is 836 g/mol. The quantitative estimate of drug-likeness (QED) is 0.281. The molecule has 4 aliphatic rings. The number of fused-ring (bicyclic) bond motifs is 3. The first kappa shape index (κ1) is 43.0. The number of hydrogen-bond acceptors (Lipinski definition) is 10. The van der Waals surface area contributed by atoms with E-state index in [9.17, 15) is 40.8 Å². The van der Waals surface area contributed by atoms with Gasteiger partial charge in [0.2, 0.25) is 33.3 Å². The molecule has 1 saturated heterocycles. The summed E-state index contributed by atoms with van der Waals surface area (Å²) < 4.78 is 85.6. The number of ether oxygens (including phenoxy) is 3. The van der Waals surface area contributed by atoms with Gasteiger partial charge in [-0.2, -0.15) is 13.2 Å². The molecule has 0 spiro atoms. The summed E-state index contributed by atoms with van der Waals surface area (Å²) >= 11 is 0. The van der Waals surface area contributed by atoms with Crippen LogP contribution < -0.4 is 24.8 Å². The van der Waals surface area contributed by atoms with Crippen LogP contribution in [0.4, 0.5) is 18.0 Å². The number of alkyl halides is 3. The highest BCUT2D eigenvalue weighted by Gasteiger charge is 2.63. The number of carbonyl (C=O) groups excluding carboxylic acids is 4. The Balaban J connectivity index is 1.37. The second-order valence-corrected chi connectivity index (χ2v) is 19.0. The molecule has 1 aromatic heterocycles. The highest BCUT2D eigenvalue weighted by Crippen LogP contribution is 2.48. The molecule has 318 valence electrons. The number of hydrogen-bond donors (Lipinski definition) is 3. The zero-order valence-electron chi connectivity index (χ0n) is 33.5. The summed E-state index contributed by atoms with van der Waals surface area (Å²) in [6.07, 6.45) is 0.548. The van der Waals surface area contributed by atoms with Gasteiger partial charge in [-0.15, -0.1) is 0 Å². The number of allylic oxidation sites excluding steroid dienone is 1. The Labute approximate surface area is 336 Å². The van der Waals surface area contributed by atoms with Crippen molar-refractivity contribution in [3.63, 3.8) is 0 Å². The summed E-state index contributed by atoms with van der Waals surface area (Å²) in [4.78, 5) is 62.2. The molecule has 2 saturated carbocycles. The number of alkyl carbamates (subject to hydrolysis) is 1. The molecule has 2 aliphatic carbocycles. The van der Waals surface area contributed by atoms with Gasteiger partial charge in [-0.25, -0.2) is 18.2 Å². The molecular formula is C40H52F3N5O9S. The van der Waals surface area contributed by atoms with Crippen LogP contribution in [0.5, 0.6) is 11.6 Å². The minimum atomic E-state index is -4.91. The Bertz CT molecular complexity index is 2070. The summed E-state index contributed by atoms with van der Waals surface area (Å²) in [5, 5.41) is 6.52. The number of nitrogens with one attached hydrogen (secondary N) is 3. The summed E-state index contributed by atoms with van der Waals surface area (Å²) in [6, 6.07) is 4.43. The lowest BCUT2D eigenvalue weighted by Crippen LogP contribution is -2.60. The fourth-order valence-corrected chi connectivity index (χ4v) is 9.13. The number of benzene rings is 1. The van der Waals surface area contributed by atoms with Gasteiger partial charge in [0.25, 0.3) is 5.91 Å². The first-order chi connectivity index (χ1) is 27.1. The van der Waals surface area contributed by atoms with Crippen molar-refractivity contribution in [2.75, 3.05) is 13.7 Å². The van der Waals surface area contributed by atoms with Crippen LogP contribution in [0.3, 0.4) is 0 Å². The first-order valence-electron chi connectivity index (χ1n) is 19.7. The Morgan fingerprint density at radius 1 is 1.10 bits per heavy atom. The maximum Gasteiger partial charge on any atom is 0.427 e. The maximum absolute atomic E-state index is 14.9. The predicted molar refractivity (Wildman–Crippen MR) is 206 cm³/mol. The van der Waals surface area contributed by atoms with Crippen molar-refractivity contribution in [1.82, 2.24) is 25.2 Å². The molecule has 3 N–H and O–H groups in total. The highest BCUT2D eigenvalue weighted by atomic mass is 32.2. The minimum Gasteiger partial charge on any atom is -0.494 e. The van der Waals surface area contributed by atoms with E-state index in [1.807, 2.05) is 25.1 Å². The predicted octanol–water partition coefficient (Wildman–Crippen LogP) is 5.30. The van der Waals surface area contributed by atoms with Gasteiger partial charge in [0, 0.05) is 23.1 Å². The van der Waals surface area contributed by atoms with Gasteiger partial charge in [-0.1, -0.05) is 50.6 Å². The Morgan fingerprint density at radius 3 is 2.43 bits per heavy atom. The molecule has 6 rings (SSSR count). The van der Waals surface area contributed by atoms with Crippen LogP contribution in [-0.4, -0.2) is 96.0 Å². The number of halogens is 3. The molecule has 2 aromatic rings. The third kappa shape index (κ3) is 8.57. The van der Waals surface area contributed by atoms with Crippen molar-refractivity contribution in [2.45, 2.75) is 126 Å². The van der Waals surface area contributed by atoms with E-state index in [2.05, 4.69) is 20.3 Å². The normalized spacial score (nSPS) is 29.4. The van der Waals surface area contributed by atoms with Crippen LogP contribution in [0.25, 0.3) is 10.8 Å². The second-order valence-electron chi connectivity index (χ2n) is 16.8. The van der Waals surface area contributed by atoms with Crippen molar-refractivity contribution >= 4 is 44.6 Å². The van der Waals surface area contributed by atoms with Crippen LogP contribution in [-0.2, 0) is 29.1 Å². The summed E-state index contributed by atoms with van der Waals surface area (Å²) in [5.74, 6) is -2.92. The first-order valence-corrected chi connectivity index (χ1v) is 21.1. The van der Waals surface area contributed by atoms with E-state index >= 15 is 0 Å². The molecule has 7 atom stereocenters.